The summed E-state index contributed by atoms with van der Waals surface area (Å²) in [5, 5.41) is 25.1. The van der Waals surface area contributed by atoms with E-state index in [1.165, 1.54) is 0 Å². The summed E-state index contributed by atoms with van der Waals surface area (Å²) in [7, 11) is 0. The molecule has 6 rings (SSSR count). The fourth-order valence-corrected chi connectivity index (χ4v) is 4.28. The smallest absolute Gasteiger partial charge is 0.573 e. The third-order valence-corrected chi connectivity index (χ3v) is 6.01. The van der Waals surface area contributed by atoms with Gasteiger partial charge < -0.3 is 20.1 Å². The monoisotopic (exact) mass is 552 g/mol. The second kappa shape index (κ2) is 11.0. The number of pyridine rings is 2. The molecule has 8 nitrogen and oxygen atoms in total. The van der Waals surface area contributed by atoms with E-state index in [0.717, 1.165) is 33.6 Å². The molecule has 0 unspecified atom stereocenters. The predicted octanol–water partition coefficient (Wildman–Crippen LogP) is 5.94. The van der Waals surface area contributed by atoms with E-state index in [0.29, 0.717) is 22.8 Å². The molecule has 39 heavy (non-hydrogen) atoms. The van der Waals surface area contributed by atoms with Crippen molar-refractivity contribution in [3.63, 3.8) is 0 Å². The van der Waals surface area contributed by atoms with Gasteiger partial charge in [0.15, 0.2) is 0 Å². The minimum absolute atomic E-state index is 0. The first kappa shape index (κ1) is 25.4. The van der Waals surface area contributed by atoms with Crippen LogP contribution in [0.25, 0.3) is 61.3 Å². The molecule has 0 saturated carbocycles. The Labute approximate surface area is 237 Å². The van der Waals surface area contributed by atoms with Gasteiger partial charge in [-0.3, -0.25) is 0 Å². The SMILES string of the molecule is [C-]#[N+]c1cc(-c2cccc(-c3ccccc3-c3ccccc3-c3cccc(-c4cc(C#N)n[n-]4)n3)n2)[n-]n1.[Zn+2]. The van der Waals surface area contributed by atoms with Crippen molar-refractivity contribution < 1.29 is 19.5 Å². The normalized spacial score (nSPS) is 10.3. The van der Waals surface area contributed by atoms with Crippen molar-refractivity contribution in [2.45, 2.75) is 0 Å². The van der Waals surface area contributed by atoms with E-state index in [1.54, 1.807) is 12.1 Å². The van der Waals surface area contributed by atoms with Crippen LogP contribution >= 0.6 is 0 Å². The summed E-state index contributed by atoms with van der Waals surface area (Å²) in [6.07, 6.45) is 0. The van der Waals surface area contributed by atoms with Crippen LogP contribution < -0.4 is 10.2 Å². The second-order valence-corrected chi connectivity index (χ2v) is 8.33. The zero-order valence-electron chi connectivity index (χ0n) is 20.5. The largest absolute Gasteiger partial charge is 2.00 e. The van der Waals surface area contributed by atoms with Gasteiger partial charge in [0, 0.05) is 11.1 Å². The topological polar surface area (TPSA) is 108 Å². The molecule has 9 heteroatoms. The Bertz CT molecular complexity index is 1740. The molecule has 0 aliphatic rings. The number of aromatic nitrogens is 6. The fourth-order valence-electron chi connectivity index (χ4n) is 4.28. The summed E-state index contributed by atoms with van der Waals surface area (Å²) < 4.78 is 0. The molecular formula is C30H16N8Zn. The zero-order chi connectivity index (χ0) is 25.9. The zero-order valence-corrected chi connectivity index (χ0v) is 23.5. The first-order valence-corrected chi connectivity index (χ1v) is 11.7. The number of nitriles is 1. The van der Waals surface area contributed by atoms with Gasteiger partial charge in [0.25, 0.3) is 5.82 Å². The Kier molecular flexibility index (Phi) is 7.18. The molecule has 0 N–H and O–H groups in total. The van der Waals surface area contributed by atoms with E-state index < -0.39 is 0 Å². The van der Waals surface area contributed by atoms with Crippen LogP contribution in [0, 0.1) is 17.9 Å². The van der Waals surface area contributed by atoms with E-state index in [-0.39, 0.29) is 31.0 Å². The molecule has 0 atom stereocenters. The van der Waals surface area contributed by atoms with Crippen LogP contribution in [-0.4, -0.2) is 20.2 Å². The first-order chi connectivity index (χ1) is 18.7. The van der Waals surface area contributed by atoms with E-state index >= 15 is 0 Å². The van der Waals surface area contributed by atoms with Gasteiger partial charge in [-0.2, -0.15) is 5.26 Å². The van der Waals surface area contributed by atoms with Gasteiger partial charge in [-0.05, 0) is 47.5 Å². The van der Waals surface area contributed by atoms with Crippen molar-refractivity contribution in [3.05, 3.63) is 114 Å². The number of hydrogen-bond donors (Lipinski definition) is 0. The molecule has 0 amide bonds. The van der Waals surface area contributed by atoms with Gasteiger partial charge in [0.2, 0.25) is 0 Å². The summed E-state index contributed by atoms with van der Waals surface area (Å²) in [5.74, 6) is 0.243. The van der Waals surface area contributed by atoms with Gasteiger partial charge in [0.1, 0.15) is 11.8 Å². The minimum Gasteiger partial charge on any atom is -0.573 e. The summed E-state index contributed by atoms with van der Waals surface area (Å²) in [6, 6.07) is 32.9. The van der Waals surface area contributed by atoms with Crippen LogP contribution in [0.3, 0.4) is 0 Å². The van der Waals surface area contributed by atoms with Crippen LogP contribution in [0.15, 0.2) is 97.1 Å². The van der Waals surface area contributed by atoms with Crippen LogP contribution in [0.2, 0.25) is 0 Å². The van der Waals surface area contributed by atoms with E-state index in [2.05, 4.69) is 37.4 Å². The van der Waals surface area contributed by atoms with Gasteiger partial charge in [-0.15, -0.1) is 0 Å². The van der Waals surface area contributed by atoms with Crippen molar-refractivity contribution in [1.29, 1.82) is 5.26 Å². The summed E-state index contributed by atoms with van der Waals surface area (Å²) in [6.45, 7) is 7.16. The van der Waals surface area contributed by atoms with Crippen molar-refractivity contribution in [2.24, 2.45) is 0 Å². The van der Waals surface area contributed by atoms with Crippen LogP contribution in [-0.2, 0) is 19.5 Å². The van der Waals surface area contributed by atoms with Gasteiger partial charge >= 0.3 is 19.5 Å². The molecule has 6 aromatic rings. The Morgan fingerprint density at radius 3 is 1.59 bits per heavy atom. The van der Waals surface area contributed by atoms with E-state index in [9.17, 15) is 0 Å². The maximum atomic E-state index is 9.11. The predicted molar refractivity (Wildman–Crippen MR) is 142 cm³/mol. The second-order valence-electron chi connectivity index (χ2n) is 8.33. The average molecular weight is 554 g/mol. The Morgan fingerprint density at radius 2 is 1.10 bits per heavy atom. The van der Waals surface area contributed by atoms with Gasteiger partial charge in [-0.1, -0.05) is 78.6 Å². The van der Waals surface area contributed by atoms with Crippen molar-refractivity contribution in [2.75, 3.05) is 0 Å². The van der Waals surface area contributed by atoms with Gasteiger partial charge in [-0.25, -0.2) is 15.1 Å². The van der Waals surface area contributed by atoms with Gasteiger partial charge in [0.05, 0.1) is 22.8 Å². The summed E-state index contributed by atoms with van der Waals surface area (Å²) in [5.41, 5.74) is 8.10. The molecule has 0 aliphatic heterocycles. The molecule has 2 aromatic carbocycles. The fraction of sp³-hybridized carbons (Fsp3) is 0. The quantitative estimate of drug-likeness (QED) is 0.192. The maximum absolute atomic E-state index is 9.11. The molecular weight excluding hydrogens is 538 g/mol. The molecule has 0 aliphatic carbocycles. The minimum atomic E-state index is 0. The van der Waals surface area contributed by atoms with Crippen molar-refractivity contribution in [3.8, 4) is 62.5 Å². The van der Waals surface area contributed by atoms with Crippen LogP contribution in [0.5, 0.6) is 0 Å². The number of hydrogen-bond acceptors (Lipinski definition) is 5. The molecule has 0 radical (unpaired) electrons. The first-order valence-electron chi connectivity index (χ1n) is 11.7. The molecule has 4 heterocycles. The number of nitrogens with zero attached hydrogens (tertiary/aromatic N) is 8. The maximum Gasteiger partial charge on any atom is 2.00 e. The standard InChI is InChI=1S/C30H16N8.Zn/c1-32-30-17-29(37-38-30)27-15-7-13-25(34-27)23-11-5-3-9-21(23)20-8-2-4-10-22(20)24-12-6-14-26(33-24)28-16-19(18-31)35-36-28;/h2-17H;/q-2;+2. The Hall–Kier alpha value is -5.24. The summed E-state index contributed by atoms with van der Waals surface area (Å²) in [4.78, 5) is 13.0. The van der Waals surface area contributed by atoms with E-state index in [1.807, 2.05) is 78.9 Å². The van der Waals surface area contributed by atoms with Crippen molar-refractivity contribution >= 4 is 5.82 Å². The van der Waals surface area contributed by atoms with Crippen molar-refractivity contribution in [1.82, 2.24) is 30.4 Å². The molecule has 178 valence electrons. The molecule has 4 aromatic heterocycles. The summed E-state index contributed by atoms with van der Waals surface area (Å²) >= 11 is 0. The molecule has 0 spiro atoms. The Balaban J connectivity index is 0.00000308. The number of benzene rings is 2. The average Bonchev–Trinajstić information content (AvgIpc) is 3.68. The molecule has 0 fully saturated rings. The molecule has 0 saturated heterocycles. The van der Waals surface area contributed by atoms with Crippen LogP contribution in [0.4, 0.5) is 5.82 Å². The molecule has 0 bridgehead atoms. The Morgan fingerprint density at radius 1 is 0.615 bits per heavy atom. The number of rotatable bonds is 5. The third-order valence-electron chi connectivity index (χ3n) is 6.01. The van der Waals surface area contributed by atoms with Crippen LogP contribution in [0.1, 0.15) is 5.69 Å². The van der Waals surface area contributed by atoms with E-state index in [4.69, 9.17) is 21.8 Å². The third kappa shape index (κ3) is 5.00.